The van der Waals surface area contributed by atoms with Crippen LogP contribution in [0.5, 0.6) is 0 Å². The van der Waals surface area contributed by atoms with E-state index in [1.54, 1.807) is 78.9 Å². The first-order chi connectivity index (χ1) is 26.8. The lowest BCUT2D eigenvalue weighted by molar-refractivity contribution is 0.669. The Morgan fingerprint density at radius 3 is 1.67 bits per heavy atom. The van der Waals surface area contributed by atoms with Gasteiger partial charge in [0.25, 0.3) is 0 Å². The summed E-state index contributed by atoms with van der Waals surface area (Å²) in [6.45, 7) is 0. The highest BCUT2D eigenvalue weighted by atomic mass is 16.3. The first-order valence-electron chi connectivity index (χ1n) is 20.2. The van der Waals surface area contributed by atoms with Gasteiger partial charge in [0.15, 0.2) is 0 Å². The summed E-state index contributed by atoms with van der Waals surface area (Å²) in [5.41, 5.74) is 1.12. The van der Waals surface area contributed by atoms with Gasteiger partial charge in [-0.1, -0.05) is 133 Å². The number of fused-ring (bicyclic) bond motifs is 6. The van der Waals surface area contributed by atoms with Crippen molar-refractivity contribution in [3.05, 3.63) is 157 Å². The van der Waals surface area contributed by atoms with Gasteiger partial charge in [0.1, 0.15) is 11.2 Å². The highest BCUT2D eigenvalue weighted by molar-refractivity contribution is 6.22. The second kappa shape index (κ2) is 9.44. The standard InChI is InChI=1S/C42H26O/c1-2-11-27(12-3-1)31-19-10-13-28-21-22-29(25-37(28)31)41-33-15-4-6-17-35(33)42(36-18-7-5-16-34(36)41)30-23-24-40-38(26-30)32-14-8-9-20-39(32)43-40/h1-26H/i8D,9D,10D,13D,14D,19D,20D,21D,22D,23D,24D,25D,26D. The highest BCUT2D eigenvalue weighted by Gasteiger charge is 2.18. The summed E-state index contributed by atoms with van der Waals surface area (Å²) in [5.74, 6) is 0. The molecule has 0 fully saturated rings. The summed E-state index contributed by atoms with van der Waals surface area (Å²) in [4.78, 5) is 0. The quantitative estimate of drug-likeness (QED) is 0.196. The maximum Gasteiger partial charge on any atom is 0.135 e. The molecule has 8 aromatic carbocycles. The van der Waals surface area contributed by atoms with Crippen LogP contribution in [0.1, 0.15) is 17.8 Å². The molecule has 0 amide bonds. The maximum atomic E-state index is 9.76. The van der Waals surface area contributed by atoms with Gasteiger partial charge in [0.2, 0.25) is 0 Å². The normalized spacial score (nSPS) is 16.0. The van der Waals surface area contributed by atoms with Gasteiger partial charge >= 0.3 is 0 Å². The summed E-state index contributed by atoms with van der Waals surface area (Å²) in [6.07, 6.45) is 0. The molecule has 43 heavy (non-hydrogen) atoms. The molecular weight excluding hydrogens is 520 g/mol. The zero-order valence-corrected chi connectivity index (χ0v) is 22.4. The van der Waals surface area contributed by atoms with Crippen molar-refractivity contribution in [2.75, 3.05) is 0 Å². The maximum absolute atomic E-state index is 9.76. The zero-order chi connectivity index (χ0) is 39.6. The minimum absolute atomic E-state index is 0.0143. The molecule has 0 aliphatic heterocycles. The Morgan fingerprint density at radius 1 is 0.395 bits per heavy atom. The van der Waals surface area contributed by atoms with E-state index in [1.807, 2.05) is 0 Å². The third-order valence-corrected chi connectivity index (χ3v) is 7.82. The van der Waals surface area contributed by atoms with Crippen LogP contribution in [0.15, 0.2) is 162 Å². The molecule has 0 atom stereocenters. The van der Waals surface area contributed by atoms with Gasteiger partial charge in [-0.05, 0) is 89.9 Å². The fourth-order valence-corrected chi connectivity index (χ4v) is 5.95. The van der Waals surface area contributed by atoms with Crippen molar-refractivity contribution in [2.24, 2.45) is 0 Å². The third-order valence-electron chi connectivity index (χ3n) is 7.82. The third kappa shape index (κ3) is 3.72. The van der Waals surface area contributed by atoms with Gasteiger partial charge in [-0.3, -0.25) is 0 Å². The Kier molecular flexibility index (Phi) is 3.18. The van der Waals surface area contributed by atoms with Crippen molar-refractivity contribution in [1.29, 1.82) is 0 Å². The van der Waals surface area contributed by atoms with Crippen molar-refractivity contribution in [3.8, 4) is 33.4 Å². The molecule has 0 spiro atoms. The molecule has 1 heteroatoms. The molecule has 1 nitrogen and oxygen atoms in total. The number of rotatable bonds is 3. The van der Waals surface area contributed by atoms with Crippen molar-refractivity contribution in [1.82, 2.24) is 0 Å². The van der Waals surface area contributed by atoms with Crippen molar-refractivity contribution in [2.45, 2.75) is 0 Å². The molecule has 0 unspecified atom stereocenters. The van der Waals surface area contributed by atoms with Crippen LogP contribution in [0.4, 0.5) is 0 Å². The Balaban J connectivity index is 1.47. The van der Waals surface area contributed by atoms with E-state index >= 15 is 0 Å². The number of para-hydroxylation sites is 1. The second-order valence-corrected chi connectivity index (χ2v) is 10.2. The lowest BCUT2D eigenvalue weighted by Gasteiger charge is -2.18. The predicted octanol–water partition coefficient (Wildman–Crippen LogP) is 12.0. The summed E-state index contributed by atoms with van der Waals surface area (Å²) < 4.78 is 122. The van der Waals surface area contributed by atoms with E-state index in [-0.39, 0.29) is 85.7 Å². The Labute approximate surface area is 267 Å². The predicted molar refractivity (Wildman–Crippen MR) is 183 cm³/mol. The Hall–Kier alpha value is -5.66. The zero-order valence-electron chi connectivity index (χ0n) is 35.4. The molecule has 0 saturated heterocycles. The summed E-state index contributed by atoms with van der Waals surface area (Å²) >= 11 is 0. The topological polar surface area (TPSA) is 13.1 Å². The molecule has 9 aromatic rings. The van der Waals surface area contributed by atoms with Crippen LogP contribution in [-0.2, 0) is 0 Å². The van der Waals surface area contributed by atoms with Gasteiger partial charge in [-0.15, -0.1) is 0 Å². The van der Waals surface area contributed by atoms with E-state index < -0.39 is 42.3 Å². The summed E-state index contributed by atoms with van der Waals surface area (Å²) in [5, 5.41) is 1.86. The molecule has 0 saturated carbocycles. The minimum Gasteiger partial charge on any atom is -0.456 e. The number of benzene rings is 8. The van der Waals surface area contributed by atoms with Crippen LogP contribution in [0.3, 0.4) is 0 Å². The molecule has 0 radical (unpaired) electrons. The Bertz CT molecular complexity index is 3170. The minimum atomic E-state index is -0.529. The van der Waals surface area contributed by atoms with Crippen LogP contribution in [0.2, 0.25) is 0 Å². The fraction of sp³-hybridized carbons (Fsp3) is 0. The molecule has 9 rings (SSSR count). The largest absolute Gasteiger partial charge is 0.456 e. The van der Waals surface area contributed by atoms with Crippen LogP contribution in [-0.4, -0.2) is 0 Å². The van der Waals surface area contributed by atoms with Gasteiger partial charge in [-0.2, -0.15) is 0 Å². The van der Waals surface area contributed by atoms with Crippen molar-refractivity contribution >= 4 is 54.3 Å². The lowest BCUT2D eigenvalue weighted by Crippen LogP contribution is -1.91. The Morgan fingerprint density at radius 2 is 0.977 bits per heavy atom. The average Bonchev–Trinajstić information content (AvgIpc) is 3.62. The monoisotopic (exact) mass is 559 g/mol. The van der Waals surface area contributed by atoms with E-state index in [2.05, 4.69) is 0 Å². The average molecular weight is 560 g/mol. The van der Waals surface area contributed by atoms with Crippen LogP contribution in [0.25, 0.3) is 87.6 Å². The fourth-order valence-electron chi connectivity index (χ4n) is 5.95. The molecule has 200 valence electrons. The molecular formula is C42H26O. The molecule has 0 N–H and O–H groups in total. The number of hydrogen-bond donors (Lipinski definition) is 0. The molecule has 0 bridgehead atoms. The first-order valence-corrected chi connectivity index (χ1v) is 13.7. The molecule has 0 aliphatic carbocycles. The SMILES string of the molecule is [2H]c1c([2H])c([2H])c2c(oc3c([2H])c([2H])c(-c4c5ccccc5c(-c5c([2H])c([2H])c6c([2H])c([2H])c([2H])c(-c7ccccc7)c6c5[2H])c5ccccc45)c([2H])c32)c1[2H]. The van der Waals surface area contributed by atoms with Crippen LogP contribution in [0, 0.1) is 0 Å². The molecule has 1 heterocycles. The van der Waals surface area contributed by atoms with Crippen molar-refractivity contribution in [3.63, 3.8) is 0 Å². The van der Waals surface area contributed by atoms with E-state index in [0.717, 1.165) is 0 Å². The van der Waals surface area contributed by atoms with E-state index in [1.165, 1.54) is 0 Å². The van der Waals surface area contributed by atoms with Gasteiger partial charge < -0.3 is 4.42 Å². The van der Waals surface area contributed by atoms with Gasteiger partial charge in [0, 0.05) is 10.8 Å². The van der Waals surface area contributed by atoms with E-state index in [4.69, 9.17) is 15.4 Å². The van der Waals surface area contributed by atoms with E-state index in [9.17, 15) is 6.85 Å². The van der Waals surface area contributed by atoms with Crippen LogP contribution >= 0.6 is 0 Å². The summed E-state index contributed by atoms with van der Waals surface area (Å²) in [6, 6.07) is 17.8. The van der Waals surface area contributed by atoms with Crippen molar-refractivity contribution < 1.29 is 22.2 Å². The smallest absolute Gasteiger partial charge is 0.135 e. The lowest BCUT2D eigenvalue weighted by atomic mass is 9.85. The van der Waals surface area contributed by atoms with E-state index in [0.29, 0.717) is 38.2 Å². The highest BCUT2D eigenvalue weighted by Crippen LogP contribution is 2.45. The summed E-state index contributed by atoms with van der Waals surface area (Å²) in [7, 11) is 0. The number of furan rings is 1. The van der Waals surface area contributed by atoms with Gasteiger partial charge in [0.05, 0.1) is 17.8 Å². The van der Waals surface area contributed by atoms with Gasteiger partial charge in [-0.25, -0.2) is 0 Å². The second-order valence-electron chi connectivity index (χ2n) is 10.2. The molecule has 1 aromatic heterocycles. The first kappa shape index (κ1) is 14.5. The molecule has 0 aliphatic rings. The van der Waals surface area contributed by atoms with Crippen LogP contribution < -0.4 is 0 Å². The number of hydrogen-bond acceptors (Lipinski definition) is 1.